The van der Waals surface area contributed by atoms with Crippen LogP contribution >= 0.6 is 0 Å². The number of benzene rings is 1. The Hall–Kier alpha value is -2.30. The van der Waals surface area contributed by atoms with Gasteiger partial charge in [-0.2, -0.15) is 0 Å². The van der Waals surface area contributed by atoms with Crippen LogP contribution in [-0.2, 0) is 14.3 Å². The lowest BCUT2D eigenvalue weighted by atomic mass is 10.0. The average molecular weight is 250 g/mol. The number of methoxy groups -OCH3 is 1. The molecule has 0 amide bonds. The molecular weight excluding hydrogens is 236 g/mol. The van der Waals surface area contributed by atoms with E-state index in [1.807, 2.05) is 0 Å². The minimum absolute atomic E-state index is 0.199. The van der Waals surface area contributed by atoms with E-state index < -0.39 is 18.0 Å². The van der Waals surface area contributed by atoms with Crippen LogP contribution in [0.2, 0.25) is 0 Å². The van der Waals surface area contributed by atoms with Crippen molar-refractivity contribution in [3.05, 3.63) is 42.0 Å². The van der Waals surface area contributed by atoms with Crippen LogP contribution in [0.25, 0.3) is 0 Å². The Morgan fingerprint density at radius 2 is 1.83 bits per heavy atom. The predicted molar refractivity (Wildman–Crippen MR) is 64.3 cm³/mol. The molecule has 1 aromatic carbocycles. The third-order valence-corrected chi connectivity index (χ3v) is 2.29. The van der Waals surface area contributed by atoms with Crippen molar-refractivity contribution in [3.63, 3.8) is 0 Å². The summed E-state index contributed by atoms with van der Waals surface area (Å²) in [7, 11) is 1.52. The molecule has 0 spiro atoms. The van der Waals surface area contributed by atoms with Crippen LogP contribution in [0.1, 0.15) is 18.6 Å². The molecule has 5 nitrogen and oxygen atoms in total. The molecule has 0 aliphatic carbocycles. The van der Waals surface area contributed by atoms with Crippen molar-refractivity contribution in [1.29, 1.82) is 0 Å². The number of carboxylic acid groups (broad SMARTS) is 1. The Bertz CT molecular complexity index is 461. The van der Waals surface area contributed by atoms with Crippen molar-refractivity contribution in [2.24, 2.45) is 0 Å². The largest absolute Gasteiger partial charge is 0.497 e. The molecule has 96 valence electrons. The van der Waals surface area contributed by atoms with Crippen molar-refractivity contribution in [1.82, 2.24) is 0 Å². The zero-order chi connectivity index (χ0) is 13.7. The standard InChI is InChI=1S/C13H14O5/c1-8(13(15)16)12(18-9(2)14)10-4-6-11(17-3)7-5-10/h4-7,12H,1H2,2-3H3,(H,15,16). The van der Waals surface area contributed by atoms with Crippen LogP contribution in [0, 0.1) is 0 Å². The lowest BCUT2D eigenvalue weighted by molar-refractivity contribution is -0.146. The Balaban J connectivity index is 3.04. The van der Waals surface area contributed by atoms with Gasteiger partial charge in [-0.1, -0.05) is 18.7 Å². The van der Waals surface area contributed by atoms with Gasteiger partial charge in [0.2, 0.25) is 0 Å². The molecule has 0 heterocycles. The monoisotopic (exact) mass is 250 g/mol. The predicted octanol–water partition coefficient (Wildman–Crippen LogP) is 1.94. The number of rotatable bonds is 5. The first-order valence-corrected chi connectivity index (χ1v) is 5.19. The number of aliphatic carboxylic acids is 1. The van der Waals surface area contributed by atoms with E-state index in [0.717, 1.165) is 0 Å². The second-order valence-corrected chi connectivity index (χ2v) is 3.59. The van der Waals surface area contributed by atoms with E-state index in [1.54, 1.807) is 24.3 Å². The van der Waals surface area contributed by atoms with Crippen molar-refractivity contribution >= 4 is 11.9 Å². The van der Waals surface area contributed by atoms with Crippen LogP contribution in [0.4, 0.5) is 0 Å². The van der Waals surface area contributed by atoms with Crippen molar-refractivity contribution < 1.29 is 24.2 Å². The van der Waals surface area contributed by atoms with Crippen molar-refractivity contribution in [2.45, 2.75) is 13.0 Å². The molecular formula is C13H14O5. The summed E-state index contributed by atoms with van der Waals surface area (Å²) < 4.78 is 9.96. The first-order valence-electron chi connectivity index (χ1n) is 5.19. The van der Waals surface area contributed by atoms with E-state index in [2.05, 4.69) is 6.58 Å². The molecule has 1 atom stereocenters. The summed E-state index contributed by atoms with van der Waals surface area (Å²) in [6, 6.07) is 6.56. The quantitative estimate of drug-likeness (QED) is 0.638. The molecule has 0 radical (unpaired) electrons. The van der Waals surface area contributed by atoms with Gasteiger partial charge in [-0.15, -0.1) is 0 Å². The van der Waals surface area contributed by atoms with E-state index in [-0.39, 0.29) is 5.57 Å². The third kappa shape index (κ3) is 3.35. The van der Waals surface area contributed by atoms with E-state index in [4.69, 9.17) is 14.6 Å². The second-order valence-electron chi connectivity index (χ2n) is 3.59. The smallest absolute Gasteiger partial charge is 0.335 e. The first-order chi connectivity index (χ1) is 8.45. The molecule has 0 saturated heterocycles. The molecule has 0 saturated carbocycles. The highest BCUT2D eigenvalue weighted by Gasteiger charge is 2.23. The first kappa shape index (κ1) is 13.8. The number of carboxylic acids is 1. The normalized spacial score (nSPS) is 11.4. The highest BCUT2D eigenvalue weighted by molar-refractivity contribution is 5.87. The molecule has 0 aliphatic rings. The van der Waals surface area contributed by atoms with Crippen LogP contribution < -0.4 is 4.74 Å². The molecule has 5 heteroatoms. The molecule has 1 aromatic rings. The number of esters is 1. The number of hydrogen-bond acceptors (Lipinski definition) is 4. The highest BCUT2D eigenvalue weighted by Crippen LogP contribution is 2.26. The lowest BCUT2D eigenvalue weighted by Gasteiger charge is -2.17. The maximum absolute atomic E-state index is 11.0. The van der Waals surface area contributed by atoms with Crippen molar-refractivity contribution in [2.75, 3.05) is 7.11 Å². The van der Waals surface area contributed by atoms with Gasteiger partial charge in [0, 0.05) is 6.92 Å². The molecule has 1 unspecified atom stereocenters. The second kappa shape index (κ2) is 5.86. The summed E-state index contributed by atoms with van der Waals surface area (Å²) in [6.45, 7) is 4.63. The molecule has 0 aliphatic heterocycles. The Morgan fingerprint density at radius 1 is 1.28 bits per heavy atom. The van der Waals surface area contributed by atoms with Crippen molar-refractivity contribution in [3.8, 4) is 5.75 Å². The number of carbonyl (C=O) groups excluding carboxylic acids is 1. The molecule has 18 heavy (non-hydrogen) atoms. The maximum Gasteiger partial charge on any atom is 0.335 e. The fourth-order valence-corrected chi connectivity index (χ4v) is 1.40. The van der Waals surface area contributed by atoms with Gasteiger partial charge in [-0.3, -0.25) is 4.79 Å². The summed E-state index contributed by atoms with van der Waals surface area (Å²) >= 11 is 0. The SMILES string of the molecule is C=C(C(=O)O)C(OC(C)=O)c1ccc(OC)cc1. The van der Waals surface area contributed by atoms with E-state index >= 15 is 0 Å². The maximum atomic E-state index is 11.0. The fraction of sp³-hybridized carbons (Fsp3) is 0.231. The summed E-state index contributed by atoms with van der Waals surface area (Å²) in [4.78, 5) is 21.9. The van der Waals surface area contributed by atoms with E-state index in [0.29, 0.717) is 11.3 Å². The number of carbonyl (C=O) groups is 2. The van der Waals surface area contributed by atoms with Gasteiger partial charge >= 0.3 is 11.9 Å². The van der Waals surface area contributed by atoms with Crippen LogP contribution in [0.5, 0.6) is 5.75 Å². The molecule has 1 rings (SSSR count). The van der Waals surface area contributed by atoms with Gasteiger partial charge in [-0.25, -0.2) is 4.79 Å². The van der Waals surface area contributed by atoms with E-state index in [9.17, 15) is 9.59 Å². The van der Waals surface area contributed by atoms with Gasteiger partial charge < -0.3 is 14.6 Å². The minimum Gasteiger partial charge on any atom is -0.497 e. The summed E-state index contributed by atoms with van der Waals surface area (Å²) in [5, 5.41) is 8.91. The zero-order valence-corrected chi connectivity index (χ0v) is 10.2. The Morgan fingerprint density at radius 3 is 2.22 bits per heavy atom. The zero-order valence-electron chi connectivity index (χ0n) is 10.2. The van der Waals surface area contributed by atoms with Crippen LogP contribution in [0.15, 0.2) is 36.4 Å². The Kier molecular flexibility index (Phi) is 4.48. The van der Waals surface area contributed by atoms with Gasteiger partial charge in [0.05, 0.1) is 12.7 Å². The molecule has 0 bridgehead atoms. The lowest BCUT2D eigenvalue weighted by Crippen LogP contribution is -2.16. The van der Waals surface area contributed by atoms with Gasteiger partial charge in [0.1, 0.15) is 5.75 Å². The number of ether oxygens (including phenoxy) is 2. The molecule has 1 N–H and O–H groups in total. The average Bonchev–Trinajstić information content (AvgIpc) is 2.35. The summed E-state index contributed by atoms with van der Waals surface area (Å²) in [5.41, 5.74) is 0.328. The topological polar surface area (TPSA) is 72.8 Å². The minimum atomic E-state index is -1.21. The summed E-state index contributed by atoms with van der Waals surface area (Å²) in [5.74, 6) is -1.16. The van der Waals surface area contributed by atoms with Gasteiger partial charge in [-0.05, 0) is 17.7 Å². The number of hydrogen-bond donors (Lipinski definition) is 1. The Labute approximate surface area is 105 Å². The van der Waals surface area contributed by atoms with Gasteiger partial charge in [0.25, 0.3) is 0 Å². The van der Waals surface area contributed by atoms with E-state index in [1.165, 1.54) is 14.0 Å². The van der Waals surface area contributed by atoms with Crippen LogP contribution in [0.3, 0.4) is 0 Å². The fourth-order valence-electron chi connectivity index (χ4n) is 1.40. The molecule has 0 fully saturated rings. The van der Waals surface area contributed by atoms with Crippen LogP contribution in [-0.4, -0.2) is 24.2 Å². The van der Waals surface area contributed by atoms with Gasteiger partial charge in [0.15, 0.2) is 6.10 Å². The summed E-state index contributed by atoms with van der Waals surface area (Å²) in [6.07, 6.45) is -0.995. The third-order valence-electron chi connectivity index (χ3n) is 2.29. The molecule has 0 aromatic heterocycles. The highest BCUT2D eigenvalue weighted by atomic mass is 16.5.